The van der Waals surface area contributed by atoms with Crippen LogP contribution in [0.5, 0.6) is 0 Å². The molecule has 0 saturated carbocycles. The summed E-state index contributed by atoms with van der Waals surface area (Å²) in [7, 11) is 0. The summed E-state index contributed by atoms with van der Waals surface area (Å²) >= 11 is 3.60. The number of thiophene rings is 2. The van der Waals surface area contributed by atoms with Crippen molar-refractivity contribution in [1.29, 1.82) is 0 Å². The van der Waals surface area contributed by atoms with Gasteiger partial charge in [0.15, 0.2) is 0 Å². The molecule has 0 spiro atoms. The van der Waals surface area contributed by atoms with Gasteiger partial charge in [0, 0.05) is 53.6 Å². The van der Waals surface area contributed by atoms with Crippen molar-refractivity contribution in [2.24, 2.45) is 0 Å². The molecule has 4 nitrogen and oxygen atoms in total. The highest BCUT2D eigenvalue weighted by atomic mass is 32.1. The third-order valence-corrected chi connectivity index (χ3v) is 9.67. The molecule has 2 N–H and O–H groups in total. The van der Waals surface area contributed by atoms with E-state index in [2.05, 4.69) is 97.0 Å². The Morgan fingerprint density at radius 2 is 1.00 bits per heavy atom. The van der Waals surface area contributed by atoms with E-state index in [9.17, 15) is 0 Å². The summed E-state index contributed by atoms with van der Waals surface area (Å²) < 4.78 is 2.61. The van der Waals surface area contributed by atoms with Crippen molar-refractivity contribution in [2.75, 3.05) is 0 Å². The van der Waals surface area contributed by atoms with Crippen LogP contribution >= 0.6 is 22.7 Å². The average Bonchev–Trinajstić information content (AvgIpc) is 3.72. The van der Waals surface area contributed by atoms with Gasteiger partial charge in [-0.2, -0.15) is 0 Å². The number of aromatic amines is 2. The standard InChI is InChI=1S/C32H26N4S2/c1-15(2)31-33-25-19-7-5-17(13-23(19)29-21(9-11-37-29)27(25)35-31)18-6-8-20-24(14-18)30-22(10-12-38-30)28-26(20)34-32(36-28)16(3)4/h5-16H,1-4H3,(H,33,35)(H,34,36). The highest BCUT2D eigenvalue weighted by Crippen LogP contribution is 2.42. The molecule has 0 saturated heterocycles. The molecule has 4 aromatic heterocycles. The van der Waals surface area contributed by atoms with Gasteiger partial charge in [0.1, 0.15) is 11.6 Å². The second-order valence-corrected chi connectivity index (χ2v) is 12.7. The van der Waals surface area contributed by atoms with Crippen LogP contribution in [0.2, 0.25) is 0 Å². The fourth-order valence-corrected chi connectivity index (χ4v) is 7.63. The van der Waals surface area contributed by atoms with Gasteiger partial charge in [0.2, 0.25) is 0 Å². The van der Waals surface area contributed by atoms with Gasteiger partial charge in [-0.05, 0) is 46.2 Å². The van der Waals surface area contributed by atoms with Crippen molar-refractivity contribution in [3.63, 3.8) is 0 Å². The molecule has 8 aromatic rings. The zero-order valence-electron chi connectivity index (χ0n) is 21.6. The number of rotatable bonds is 3. The van der Waals surface area contributed by atoms with Gasteiger partial charge >= 0.3 is 0 Å². The monoisotopic (exact) mass is 530 g/mol. The summed E-state index contributed by atoms with van der Waals surface area (Å²) in [6, 6.07) is 18.2. The van der Waals surface area contributed by atoms with Crippen LogP contribution in [0.4, 0.5) is 0 Å². The molecular formula is C32H26N4S2. The maximum atomic E-state index is 4.98. The molecule has 0 amide bonds. The first-order valence-electron chi connectivity index (χ1n) is 13.1. The average molecular weight is 531 g/mol. The minimum absolute atomic E-state index is 0.357. The van der Waals surface area contributed by atoms with Gasteiger partial charge in [0.05, 0.1) is 22.1 Å². The lowest BCUT2D eigenvalue weighted by molar-refractivity contribution is 0.799. The molecule has 4 heterocycles. The molecule has 186 valence electrons. The molecule has 38 heavy (non-hydrogen) atoms. The molecule has 0 aliphatic carbocycles. The minimum atomic E-state index is 0.357. The Bertz CT molecular complexity index is 2050. The van der Waals surface area contributed by atoms with Crippen LogP contribution in [-0.4, -0.2) is 19.9 Å². The van der Waals surface area contributed by atoms with E-state index in [1.54, 1.807) is 22.7 Å². The fourth-order valence-electron chi connectivity index (χ4n) is 5.78. The summed E-state index contributed by atoms with van der Waals surface area (Å²) in [5.41, 5.74) is 6.91. The number of nitrogens with zero attached hydrogens (tertiary/aromatic N) is 2. The normalized spacial score (nSPS) is 12.7. The Morgan fingerprint density at radius 3 is 1.42 bits per heavy atom. The van der Waals surface area contributed by atoms with Gasteiger partial charge in [-0.3, -0.25) is 0 Å². The topological polar surface area (TPSA) is 57.4 Å². The fraction of sp³-hybridized carbons (Fsp3) is 0.188. The van der Waals surface area contributed by atoms with Gasteiger partial charge in [0.25, 0.3) is 0 Å². The quantitative estimate of drug-likeness (QED) is 0.239. The zero-order chi connectivity index (χ0) is 25.7. The Balaban J connectivity index is 1.39. The van der Waals surface area contributed by atoms with E-state index in [1.165, 1.54) is 52.8 Å². The predicted octanol–water partition coefficient (Wildman–Crippen LogP) is 10.1. The second-order valence-electron chi connectivity index (χ2n) is 10.8. The molecule has 6 heteroatoms. The smallest absolute Gasteiger partial charge is 0.109 e. The van der Waals surface area contributed by atoms with E-state index < -0.39 is 0 Å². The molecule has 0 radical (unpaired) electrons. The molecule has 0 atom stereocenters. The van der Waals surface area contributed by atoms with Crippen molar-refractivity contribution in [3.05, 3.63) is 70.9 Å². The number of hydrogen-bond donors (Lipinski definition) is 2. The summed E-state index contributed by atoms with van der Waals surface area (Å²) in [5.74, 6) is 2.80. The Hall–Kier alpha value is -3.74. The Labute approximate surface area is 227 Å². The Kier molecular flexibility index (Phi) is 4.62. The molecule has 0 unspecified atom stereocenters. The maximum Gasteiger partial charge on any atom is 0.109 e. The van der Waals surface area contributed by atoms with E-state index in [4.69, 9.17) is 9.97 Å². The zero-order valence-corrected chi connectivity index (χ0v) is 23.3. The molecule has 0 bridgehead atoms. The number of H-pyrrole nitrogens is 2. The first-order chi connectivity index (χ1) is 18.5. The lowest BCUT2D eigenvalue weighted by atomic mass is 9.96. The molecule has 0 aliphatic rings. The van der Waals surface area contributed by atoms with Gasteiger partial charge < -0.3 is 9.97 Å². The lowest BCUT2D eigenvalue weighted by Crippen LogP contribution is -1.88. The second kappa shape index (κ2) is 7.88. The number of nitrogens with one attached hydrogen (secondary N) is 2. The molecule has 4 aromatic carbocycles. The summed E-state index contributed by atoms with van der Waals surface area (Å²) in [6.45, 7) is 8.75. The third kappa shape index (κ3) is 3.01. The van der Waals surface area contributed by atoms with E-state index in [0.29, 0.717) is 11.8 Å². The highest BCUT2D eigenvalue weighted by molar-refractivity contribution is 7.18. The van der Waals surface area contributed by atoms with Crippen LogP contribution in [0.1, 0.15) is 51.2 Å². The summed E-state index contributed by atoms with van der Waals surface area (Å²) in [4.78, 5) is 17.2. The van der Waals surface area contributed by atoms with Crippen molar-refractivity contribution in [3.8, 4) is 11.1 Å². The SMILES string of the molecule is CC(C)c1nc2c3ccsc3c3cc(-c4ccc5c(c4)c4sccc4c4nc(C(C)C)[nH]c54)ccc3c2[nH]1. The molecule has 8 rings (SSSR count). The van der Waals surface area contributed by atoms with Gasteiger partial charge in [-0.25, -0.2) is 9.97 Å². The van der Waals surface area contributed by atoms with Crippen molar-refractivity contribution in [1.82, 2.24) is 19.9 Å². The number of hydrogen-bond acceptors (Lipinski definition) is 4. The molecule has 0 aliphatic heterocycles. The van der Waals surface area contributed by atoms with Gasteiger partial charge in [-0.15, -0.1) is 22.7 Å². The maximum absolute atomic E-state index is 4.98. The van der Waals surface area contributed by atoms with Gasteiger partial charge in [-0.1, -0.05) is 52.0 Å². The number of benzene rings is 4. The van der Waals surface area contributed by atoms with E-state index in [-0.39, 0.29) is 0 Å². The third-order valence-electron chi connectivity index (χ3n) is 7.78. The highest BCUT2D eigenvalue weighted by Gasteiger charge is 2.18. The Morgan fingerprint density at radius 1 is 0.553 bits per heavy atom. The van der Waals surface area contributed by atoms with Crippen LogP contribution in [0.15, 0.2) is 59.3 Å². The summed E-state index contributed by atoms with van der Waals surface area (Å²) in [5, 5.41) is 11.9. The van der Waals surface area contributed by atoms with E-state index >= 15 is 0 Å². The molecule has 0 fully saturated rings. The van der Waals surface area contributed by atoms with E-state index in [1.807, 2.05) is 0 Å². The van der Waals surface area contributed by atoms with Crippen molar-refractivity contribution >= 4 is 86.5 Å². The van der Waals surface area contributed by atoms with Crippen LogP contribution in [0.3, 0.4) is 0 Å². The predicted molar refractivity (Wildman–Crippen MR) is 165 cm³/mol. The number of imidazole rings is 2. The minimum Gasteiger partial charge on any atom is -0.341 e. The lowest BCUT2D eigenvalue weighted by Gasteiger charge is -2.09. The molecular weight excluding hydrogens is 505 g/mol. The van der Waals surface area contributed by atoms with Crippen LogP contribution in [0.25, 0.3) is 74.9 Å². The van der Waals surface area contributed by atoms with Crippen LogP contribution < -0.4 is 0 Å². The van der Waals surface area contributed by atoms with Crippen molar-refractivity contribution < 1.29 is 0 Å². The number of aromatic nitrogens is 4. The first kappa shape index (κ1) is 22.3. The van der Waals surface area contributed by atoms with E-state index in [0.717, 1.165) is 33.7 Å². The van der Waals surface area contributed by atoms with Crippen LogP contribution in [-0.2, 0) is 0 Å². The van der Waals surface area contributed by atoms with Crippen LogP contribution in [0, 0.1) is 0 Å². The largest absolute Gasteiger partial charge is 0.341 e. The summed E-state index contributed by atoms with van der Waals surface area (Å²) in [6.07, 6.45) is 0. The first-order valence-corrected chi connectivity index (χ1v) is 14.9. The number of fused-ring (bicyclic) bond motifs is 12. The van der Waals surface area contributed by atoms with Crippen molar-refractivity contribution in [2.45, 2.75) is 39.5 Å².